The number of benzene rings is 4. The van der Waals surface area contributed by atoms with Crippen LogP contribution in [0.3, 0.4) is 0 Å². The van der Waals surface area contributed by atoms with Gasteiger partial charge >= 0.3 is 21.1 Å². The van der Waals surface area contributed by atoms with Gasteiger partial charge < -0.3 is 9.30 Å². The summed E-state index contributed by atoms with van der Waals surface area (Å²) >= 11 is 0. The molecule has 0 radical (unpaired) electrons. The summed E-state index contributed by atoms with van der Waals surface area (Å²) in [5.74, 6) is 3.61. The fraction of sp³-hybridized carbons (Fsp3) is 0.333. The third kappa shape index (κ3) is 7.20. The van der Waals surface area contributed by atoms with Crippen molar-refractivity contribution in [1.82, 2.24) is 19.3 Å². The third-order valence-electron chi connectivity index (χ3n) is 10.6. The quantitative estimate of drug-likeness (QED) is 0.129. The Morgan fingerprint density at radius 3 is 2.00 bits per heavy atom. The number of rotatable bonds is 10. The molecule has 0 fully saturated rings. The Morgan fingerprint density at radius 2 is 1.35 bits per heavy atom. The van der Waals surface area contributed by atoms with Crippen molar-refractivity contribution >= 4 is 21.8 Å². The number of aromatic nitrogens is 4. The molecular weight excluding hydrogens is 844 g/mol. The summed E-state index contributed by atoms with van der Waals surface area (Å²) in [6.07, 6.45) is 2.83. The van der Waals surface area contributed by atoms with E-state index < -0.39 is 0 Å². The smallest absolute Gasteiger partial charge is 0.509 e. The minimum Gasteiger partial charge on any atom is -0.509 e. The molecule has 0 saturated carbocycles. The van der Waals surface area contributed by atoms with Crippen LogP contribution in [0.15, 0.2) is 79.0 Å². The van der Waals surface area contributed by atoms with Gasteiger partial charge in [0.2, 0.25) is 0 Å². The summed E-state index contributed by atoms with van der Waals surface area (Å²) in [5, 5.41) is 7.46. The summed E-state index contributed by atoms with van der Waals surface area (Å²) in [7, 11) is 0. The second kappa shape index (κ2) is 15.7. The molecule has 7 rings (SSSR count). The van der Waals surface area contributed by atoms with E-state index in [4.69, 9.17) is 14.8 Å². The average Bonchev–Trinajstić information content (AvgIpc) is 3.62. The van der Waals surface area contributed by atoms with Crippen LogP contribution in [0.1, 0.15) is 125 Å². The molecule has 0 saturated heterocycles. The predicted molar refractivity (Wildman–Crippen MR) is 221 cm³/mol. The summed E-state index contributed by atoms with van der Waals surface area (Å²) in [6, 6.07) is 33.2. The van der Waals surface area contributed by atoms with Crippen molar-refractivity contribution in [1.29, 1.82) is 0 Å². The Morgan fingerprint density at radius 1 is 0.685 bits per heavy atom. The molecule has 0 aliphatic rings. The van der Waals surface area contributed by atoms with Crippen LogP contribution in [0.25, 0.3) is 44.4 Å². The van der Waals surface area contributed by atoms with Gasteiger partial charge in [-0.3, -0.25) is 4.68 Å². The Hall–Kier alpha value is -4.47. The molecule has 0 unspecified atom stereocenters. The molecule has 0 atom stereocenters. The molecule has 5 nitrogen and oxygen atoms in total. The molecule has 0 aliphatic heterocycles. The number of para-hydroxylation sites is 1. The summed E-state index contributed by atoms with van der Waals surface area (Å²) in [4.78, 5) is 4.79. The first-order chi connectivity index (χ1) is 25.4. The van der Waals surface area contributed by atoms with E-state index in [-0.39, 0.29) is 27.0 Å². The first kappa shape index (κ1) is 39.2. The van der Waals surface area contributed by atoms with E-state index in [2.05, 4.69) is 164 Å². The number of pyridine rings is 1. The van der Waals surface area contributed by atoms with E-state index in [0.29, 0.717) is 29.3 Å². The first-order valence-corrected chi connectivity index (χ1v) is 19.3. The molecule has 0 aliphatic carbocycles. The van der Waals surface area contributed by atoms with Crippen molar-refractivity contribution in [2.24, 2.45) is 0 Å². The summed E-state index contributed by atoms with van der Waals surface area (Å²) in [5.41, 5.74) is 14.1. The zero-order chi connectivity index (χ0) is 37.7. The topological polar surface area (TPSA) is 44.9 Å². The van der Waals surface area contributed by atoms with Gasteiger partial charge in [-0.25, -0.2) is 4.98 Å². The Balaban J connectivity index is 0.00000497. The van der Waals surface area contributed by atoms with Crippen LogP contribution in [0.5, 0.6) is 11.5 Å². The van der Waals surface area contributed by atoms with E-state index in [1.54, 1.807) is 0 Å². The zero-order valence-corrected chi connectivity index (χ0v) is 35.8. The van der Waals surface area contributed by atoms with Gasteiger partial charge in [-0.1, -0.05) is 98.2 Å². The van der Waals surface area contributed by atoms with Gasteiger partial charge in [-0.05, 0) is 101 Å². The molecule has 4 aromatic carbocycles. The zero-order valence-electron chi connectivity index (χ0n) is 33.5. The fourth-order valence-corrected chi connectivity index (χ4v) is 7.63. The molecule has 0 spiro atoms. The second-order valence-electron chi connectivity index (χ2n) is 15.7. The largest absolute Gasteiger partial charge is 2.00 e. The van der Waals surface area contributed by atoms with Crippen LogP contribution in [-0.2, 0) is 27.5 Å². The minimum absolute atomic E-state index is 0. The van der Waals surface area contributed by atoms with Gasteiger partial charge in [0.1, 0.15) is 5.82 Å². The molecule has 280 valence electrons. The van der Waals surface area contributed by atoms with Crippen LogP contribution >= 0.6 is 0 Å². The van der Waals surface area contributed by atoms with Crippen LogP contribution in [-0.4, -0.2) is 19.3 Å². The number of hydrogen-bond acceptors (Lipinski definition) is 3. The van der Waals surface area contributed by atoms with E-state index in [9.17, 15) is 0 Å². The monoisotopic (exact) mass is 895 g/mol. The maximum Gasteiger partial charge on any atom is 2.00 e. The Labute approximate surface area is 336 Å². The Kier molecular flexibility index (Phi) is 11.4. The summed E-state index contributed by atoms with van der Waals surface area (Å²) < 4.78 is 10.9. The van der Waals surface area contributed by atoms with E-state index in [0.717, 1.165) is 56.7 Å². The van der Waals surface area contributed by atoms with Crippen molar-refractivity contribution in [2.45, 2.75) is 106 Å². The minimum atomic E-state index is 0. The van der Waals surface area contributed by atoms with Crippen LogP contribution in [0, 0.1) is 26.0 Å². The molecule has 3 heterocycles. The molecule has 7 aromatic rings. The van der Waals surface area contributed by atoms with Gasteiger partial charge in [-0.2, -0.15) is 11.2 Å². The molecule has 3 aromatic heterocycles. The molecule has 0 N–H and O–H groups in total. The molecular formula is C48H52N4OPt. The van der Waals surface area contributed by atoms with Gasteiger partial charge in [0.15, 0.2) is 0 Å². The SMILES string of the molecule is CCc1ccnc(-n2c3[c-]c(Oc4[c-]c(-n5nc(C)c(-c6c(C(C)C)cc(C(C)C)cc6C(C)C)c5C)cc(C(C)C)c4)ccc3c3ccccc32)c1.[Pt+2]. The van der Waals surface area contributed by atoms with E-state index >= 15 is 0 Å². The van der Waals surface area contributed by atoms with Crippen LogP contribution in [0.4, 0.5) is 0 Å². The number of ether oxygens (including phenoxy) is 1. The first-order valence-electron chi connectivity index (χ1n) is 19.3. The van der Waals surface area contributed by atoms with Crippen molar-refractivity contribution < 1.29 is 25.8 Å². The molecule has 54 heavy (non-hydrogen) atoms. The molecule has 0 amide bonds. The predicted octanol–water partition coefficient (Wildman–Crippen LogP) is 13.1. The van der Waals surface area contributed by atoms with Gasteiger partial charge in [0.05, 0.1) is 5.69 Å². The van der Waals surface area contributed by atoms with Crippen molar-refractivity contribution in [3.63, 3.8) is 0 Å². The number of hydrogen-bond donors (Lipinski definition) is 0. The van der Waals surface area contributed by atoms with Gasteiger partial charge in [0, 0.05) is 34.5 Å². The van der Waals surface area contributed by atoms with E-state index in [1.807, 2.05) is 12.3 Å². The fourth-order valence-electron chi connectivity index (χ4n) is 7.63. The van der Waals surface area contributed by atoms with Crippen molar-refractivity contribution in [2.75, 3.05) is 0 Å². The number of aryl methyl sites for hydroxylation is 2. The molecule has 0 bridgehead atoms. The van der Waals surface area contributed by atoms with E-state index in [1.165, 1.54) is 33.4 Å². The van der Waals surface area contributed by atoms with Crippen molar-refractivity contribution in [3.05, 3.63) is 130 Å². The second-order valence-corrected chi connectivity index (χ2v) is 15.7. The van der Waals surface area contributed by atoms with Gasteiger partial charge in [0.25, 0.3) is 0 Å². The Bertz CT molecular complexity index is 2430. The van der Waals surface area contributed by atoms with Crippen LogP contribution in [0.2, 0.25) is 0 Å². The maximum atomic E-state index is 6.68. The van der Waals surface area contributed by atoms with Crippen molar-refractivity contribution in [3.8, 4) is 34.1 Å². The molecule has 6 heteroatoms. The van der Waals surface area contributed by atoms with Crippen LogP contribution < -0.4 is 4.74 Å². The number of fused-ring (bicyclic) bond motifs is 3. The standard InChI is InChI=1S/C48H52N4O.Pt/c1-12-34-19-20-49-46(21-34)51-44-16-14-13-15-40(44)41-18-17-38(27-45(41)51)53-39-23-35(28(2)3)22-37(26-39)52-33(11)47(32(10)50-52)48-42(30(6)7)24-36(29(4)5)25-43(48)31(8)9;/h13-25,28-31H,12H2,1-11H3;/q-2;+2. The number of nitrogens with zero attached hydrogens (tertiary/aromatic N) is 4. The third-order valence-corrected chi connectivity index (χ3v) is 10.6. The average molecular weight is 896 g/mol. The summed E-state index contributed by atoms with van der Waals surface area (Å²) in [6.45, 7) is 24.7. The van der Waals surface area contributed by atoms with Gasteiger partial charge in [-0.15, -0.1) is 41.3 Å². The normalized spacial score (nSPS) is 11.8. The maximum absolute atomic E-state index is 6.68.